The first-order valence-electron chi connectivity index (χ1n) is 10.0. The number of allylic oxidation sites excluding steroid dienone is 1. The molecule has 0 aliphatic rings. The smallest absolute Gasteiger partial charge is 0.433 e. The van der Waals surface area contributed by atoms with Crippen molar-refractivity contribution in [3.05, 3.63) is 106 Å². The summed E-state index contributed by atoms with van der Waals surface area (Å²) in [4.78, 5) is 23.5. The standard InChI is InChI=1S/C23H19N5O5S/c1-15-7-9-17(10-8-15)32-14-21-25-26-23(27(21)24)34-20(19-11-12-22(33-19)28(30)31)13-18(29)16-5-3-2-4-6-16/h2-13H,14,24H2,1H3/b20-13+. The number of benzene rings is 2. The first kappa shape index (κ1) is 22.8. The molecule has 34 heavy (non-hydrogen) atoms. The normalized spacial score (nSPS) is 11.4. The fraction of sp³-hybridized carbons (Fsp3) is 0.0870. The van der Waals surface area contributed by atoms with E-state index in [-0.39, 0.29) is 28.2 Å². The highest BCUT2D eigenvalue weighted by molar-refractivity contribution is 8.08. The van der Waals surface area contributed by atoms with Crippen molar-refractivity contribution in [2.75, 3.05) is 5.84 Å². The van der Waals surface area contributed by atoms with E-state index in [9.17, 15) is 14.9 Å². The lowest BCUT2D eigenvalue weighted by Gasteiger charge is -2.07. The summed E-state index contributed by atoms with van der Waals surface area (Å²) in [5, 5.41) is 19.4. The Morgan fingerprint density at radius 2 is 1.88 bits per heavy atom. The summed E-state index contributed by atoms with van der Waals surface area (Å²) in [6.07, 6.45) is 1.32. The molecule has 0 aliphatic carbocycles. The van der Waals surface area contributed by atoms with Gasteiger partial charge in [-0.2, -0.15) is 0 Å². The number of thioether (sulfide) groups is 1. The number of ether oxygens (including phenoxy) is 1. The minimum absolute atomic E-state index is 0.0708. The van der Waals surface area contributed by atoms with Gasteiger partial charge in [0.2, 0.25) is 5.16 Å². The highest BCUT2D eigenvalue weighted by atomic mass is 32.2. The van der Waals surface area contributed by atoms with Crippen LogP contribution in [0.4, 0.5) is 5.88 Å². The van der Waals surface area contributed by atoms with Crippen LogP contribution in [-0.2, 0) is 6.61 Å². The molecular formula is C23H19N5O5S. The Morgan fingerprint density at radius 1 is 1.15 bits per heavy atom. The summed E-state index contributed by atoms with van der Waals surface area (Å²) in [6.45, 7) is 2.05. The molecule has 0 fully saturated rings. The van der Waals surface area contributed by atoms with Gasteiger partial charge in [-0.05, 0) is 36.9 Å². The van der Waals surface area contributed by atoms with Gasteiger partial charge in [0.05, 0.1) is 11.0 Å². The van der Waals surface area contributed by atoms with Crippen molar-refractivity contribution >= 4 is 28.3 Å². The quantitative estimate of drug-likeness (QED) is 0.0927. The van der Waals surface area contributed by atoms with Crippen LogP contribution in [0.2, 0.25) is 0 Å². The molecule has 4 rings (SSSR count). The van der Waals surface area contributed by atoms with Gasteiger partial charge in [-0.25, -0.2) is 4.68 Å². The van der Waals surface area contributed by atoms with Crippen molar-refractivity contribution < 1.29 is 18.9 Å². The molecule has 0 aliphatic heterocycles. The molecule has 0 spiro atoms. The van der Waals surface area contributed by atoms with E-state index in [1.165, 1.54) is 22.9 Å². The minimum Gasteiger partial charge on any atom is -0.486 e. The van der Waals surface area contributed by atoms with Gasteiger partial charge in [0.15, 0.2) is 11.6 Å². The number of hydrogen-bond acceptors (Lipinski definition) is 9. The number of nitrogen functional groups attached to an aromatic ring is 1. The monoisotopic (exact) mass is 477 g/mol. The molecule has 0 saturated carbocycles. The number of furan rings is 1. The molecule has 172 valence electrons. The largest absolute Gasteiger partial charge is 0.486 e. The van der Waals surface area contributed by atoms with Gasteiger partial charge in [-0.1, -0.05) is 48.0 Å². The van der Waals surface area contributed by atoms with E-state index in [1.54, 1.807) is 30.3 Å². The van der Waals surface area contributed by atoms with Crippen molar-refractivity contribution in [2.24, 2.45) is 0 Å². The van der Waals surface area contributed by atoms with Crippen LogP contribution in [0, 0.1) is 17.0 Å². The molecule has 0 radical (unpaired) electrons. The van der Waals surface area contributed by atoms with Gasteiger partial charge in [-0.3, -0.25) is 14.9 Å². The molecule has 2 heterocycles. The molecule has 0 saturated heterocycles. The van der Waals surface area contributed by atoms with Gasteiger partial charge >= 0.3 is 5.88 Å². The highest BCUT2D eigenvalue weighted by Gasteiger charge is 2.20. The van der Waals surface area contributed by atoms with Crippen LogP contribution in [-0.4, -0.2) is 25.6 Å². The predicted octanol–water partition coefficient (Wildman–Crippen LogP) is 4.40. The van der Waals surface area contributed by atoms with Crippen molar-refractivity contribution in [3.8, 4) is 5.75 Å². The summed E-state index contributed by atoms with van der Waals surface area (Å²) >= 11 is 0.994. The molecule has 0 unspecified atom stereocenters. The number of ketones is 1. The van der Waals surface area contributed by atoms with Gasteiger partial charge in [0.1, 0.15) is 23.0 Å². The van der Waals surface area contributed by atoms with Crippen molar-refractivity contribution in [1.29, 1.82) is 0 Å². The summed E-state index contributed by atoms with van der Waals surface area (Å²) in [5.41, 5.74) is 1.55. The van der Waals surface area contributed by atoms with E-state index < -0.39 is 10.8 Å². The van der Waals surface area contributed by atoms with Crippen LogP contribution < -0.4 is 10.6 Å². The number of aromatic nitrogens is 3. The molecular weight excluding hydrogens is 458 g/mol. The highest BCUT2D eigenvalue weighted by Crippen LogP contribution is 2.35. The number of aryl methyl sites for hydroxylation is 1. The molecule has 0 bridgehead atoms. The third-order valence-corrected chi connectivity index (χ3v) is 5.66. The van der Waals surface area contributed by atoms with Crippen LogP contribution in [0.3, 0.4) is 0 Å². The Balaban J connectivity index is 1.58. The maximum Gasteiger partial charge on any atom is 0.433 e. The number of hydrogen-bond donors (Lipinski definition) is 1. The lowest BCUT2D eigenvalue weighted by atomic mass is 10.1. The second-order valence-corrected chi connectivity index (χ2v) is 8.12. The Bertz CT molecular complexity index is 1350. The molecule has 2 aromatic heterocycles. The fourth-order valence-corrected chi connectivity index (χ4v) is 3.73. The first-order chi connectivity index (χ1) is 16.4. The molecule has 0 atom stereocenters. The zero-order valence-electron chi connectivity index (χ0n) is 18.0. The number of nitrogens with two attached hydrogens (primary N) is 1. The van der Waals surface area contributed by atoms with Gasteiger partial charge in [-0.15, -0.1) is 10.2 Å². The Labute approximate surface area is 198 Å². The lowest BCUT2D eigenvalue weighted by Crippen LogP contribution is -2.15. The van der Waals surface area contributed by atoms with E-state index in [2.05, 4.69) is 10.2 Å². The summed E-state index contributed by atoms with van der Waals surface area (Å²) < 4.78 is 12.3. The van der Waals surface area contributed by atoms with E-state index in [4.69, 9.17) is 15.0 Å². The third-order valence-electron chi connectivity index (χ3n) is 4.66. The second-order valence-electron chi connectivity index (χ2n) is 7.11. The number of nitro groups is 1. The summed E-state index contributed by atoms with van der Waals surface area (Å²) in [5.74, 6) is 6.52. The molecule has 11 heteroatoms. The molecule has 0 amide bonds. The van der Waals surface area contributed by atoms with Crippen LogP contribution >= 0.6 is 11.8 Å². The number of rotatable bonds is 9. The first-order valence-corrected chi connectivity index (χ1v) is 10.8. The lowest BCUT2D eigenvalue weighted by molar-refractivity contribution is -0.402. The third kappa shape index (κ3) is 5.33. The van der Waals surface area contributed by atoms with E-state index in [0.717, 1.165) is 17.3 Å². The maximum absolute atomic E-state index is 12.8. The van der Waals surface area contributed by atoms with E-state index >= 15 is 0 Å². The van der Waals surface area contributed by atoms with E-state index in [1.807, 2.05) is 31.2 Å². The van der Waals surface area contributed by atoms with Gasteiger partial charge in [0.25, 0.3) is 0 Å². The van der Waals surface area contributed by atoms with Crippen LogP contribution in [0.1, 0.15) is 27.5 Å². The number of carbonyl (C=O) groups is 1. The Morgan fingerprint density at radius 3 is 2.56 bits per heavy atom. The predicted molar refractivity (Wildman–Crippen MR) is 126 cm³/mol. The SMILES string of the molecule is Cc1ccc(OCc2nnc(S/C(=C/C(=O)c3ccccc3)c3ccc([N+](=O)[O-])o3)n2N)cc1. The minimum atomic E-state index is -0.656. The summed E-state index contributed by atoms with van der Waals surface area (Å²) in [7, 11) is 0. The second kappa shape index (κ2) is 10.0. The number of nitrogens with zero attached hydrogens (tertiary/aromatic N) is 4. The van der Waals surface area contributed by atoms with Crippen molar-refractivity contribution in [1.82, 2.24) is 14.9 Å². The Kier molecular flexibility index (Phi) is 6.74. The van der Waals surface area contributed by atoms with Crippen molar-refractivity contribution in [2.45, 2.75) is 18.7 Å². The van der Waals surface area contributed by atoms with Crippen LogP contribution in [0.5, 0.6) is 5.75 Å². The molecule has 2 N–H and O–H groups in total. The summed E-state index contributed by atoms with van der Waals surface area (Å²) in [6, 6.07) is 18.7. The average molecular weight is 478 g/mol. The Hall–Kier alpha value is -4.38. The molecule has 4 aromatic rings. The fourth-order valence-electron chi connectivity index (χ4n) is 2.87. The zero-order chi connectivity index (χ0) is 24.1. The molecule has 10 nitrogen and oxygen atoms in total. The average Bonchev–Trinajstić information content (AvgIpc) is 3.47. The van der Waals surface area contributed by atoms with Crippen molar-refractivity contribution in [3.63, 3.8) is 0 Å². The van der Waals surface area contributed by atoms with Crippen LogP contribution in [0.15, 0.2) is 82.4 Å². The number of carbonyl (C=O) groups excluding carboxylic acids is 1. The van der Waals surface area contributed by atoms with E-state index in [0.29, 0.717) is 17.1 Å². The van der Waals surface area contributed by atoms with Gasteiger partial charge in [0, 0.05) is 11.6 Å². The maximum atomic E-state index is 12.8. The van der Waals surface area contributed by atoms with Gasteiger partial charge < -0.3 is 15.0 Å². The topological polar surface area (TPSA) is 139 Å². The molecule has 2 aromatic carbocycles. The van der Waals surface area contributed by atoms with Crippen LogP contribution in [0.25, 0.3) is 4.91 Å². The zero-order valence-corrected chi connectivity index (χ0v) is 18.8.